The lowest BCUT2D eigenvalue weighted by molar-refractivity contribution is -0.132. The number of piperidine rings is 1. The lowest BCUT2D eigenvalue weighted by atomic mass is 10.1. The van der Waals surface area contributed by atoms with Gasteiger partial charge in [-0.2, -0.15) is 0 Å². The molecular weight excluding hydrogens is 477 g/mol. The van der Waals surface area contributed by atoms with Crippen LogP contribution in [0.15, 0.2) is 46.1 Å². The Balaban J connectivity index is 1.54. The maximum atomic E-state index is 13.2. The Kier molecular flexibility index (Phi) is 6.55. The van der Waals surface area contributed by atoms with Crippen molar-refractivity contribution in [1.82, 2.24) is 9.47 Å². The number of amides is 1. The molecule has 1 fully saturated rings. The van der Waals surface area contributed by atoms with Gasteiger partial charge >= 0.3 is 4.87 Å². The molecule has 4 rings (SSSR count). The minimum Gasteiger partial charge on any atom is -0.343 e. The van der Waals surface area contributed by atoms with Gasteiger partial charge < -0.3 is 4.90 Å². The van der Waals surface area contributed by atoms with Crippen LogP contribution in [0.5, 0.6) is 0 Å². The maximum Gasteiger partial charge on any atom is 0.308 e. The number of carbonyl (C=O) groups excluding carboxylic acids is 1. The molecule has 3 aromatic rings. The molecule has 1 saturated heterocycles. The van der Waals surface area contributed by atoms with Crippen LogP contribution in [0.25, 0.3) is 10.2 Å². The Hall–Kier alpha value is -2.43. The monoisotopic (exact) mass is 497 g/mol. The molecule has 1 aliphatic rings. The number of aromatic nitrogens is 1. The Labute approximate surface area is 193 Å². The van der Waals surface area contributed by atoms with Crippen molar-refractivity contribution in [1.29, 1.82) is 0 Å². The molecule has 0 unspecified atom stereocenters. The van der Waals surface area contributed by atoms with E-state index in [0.29, 0.717) is 10.2 Å². The normalized spacial score (nSPS) is 14.6. The number of sulfonamides is 1. The van der Waals surface area contributed by atoms with Crippen molar-refractivity contribution in [3.8, 4) is 0 Å². The van der Waals surface area contributed by atoms with Crippen LogP contribution in [-0.4, -0.2) is 36.9 Å². The SMILES string of the molecule is O=C(CCn1c(=O)sc2cc(S(=O)(=O)Nc3ccc(F)cc3Cl)ccc21)N1CCCCC1. The molecule has 32 heavy (non-hydrogen) atoms. The first-order valence-corrected chi connectivity index (χ1v) is 12.8. The van der Waals surface area contributed by atoms with E-state index in [0.717, 1.165) is 55.8 Å². The third kappa shape index (κ3) is 4.82. The molecule has 0 spiro atoms. The lowest BCUT2D eigenvalue weighted by Gasteiger charge is -2.26. The number of hydrogen-bond donors (Lipinski definition) is 1. The van der Waals surface area contributed by atoms with Crippen molar-refractivity contribution in [3.63, 3.8) is 0 Å². The molecule has 2 heterocycles. The number of nitrogens with one attached hydrogen (secondary N) is 1. The van der Waals surface area contributed by atoms with E-state index in [-0.39, 0.29) is 39.4 Å². The molecule has 1 amide bonds. The fourth-order valence-electron chi connectivity index (χ4n) is 3.71. The Morgan fingerprint density at radius 3 is 2.59 bits per heavy atom. The van der Waals surface area contributed by atoms with Crippen LogP contribution in [-0.2, 0) is 21.4 Å². The van der Waals surface area contributed by atoms with Crippen LogP contribution in [0.2, 0.25) is 5.02 Å². The topological polar surface area (TPSA) is 88.5 Å². The van der Waals surface area contributed by atoms with Crippen LogP contribution in [0, 0.1) is 5.82 Å². The number of benzene rings is 2. The van der Waals surface area contributed by atoms with Crippen LogP contribution < -0.4 is 9.60 Å². The predicted molar refractivity (Wildman–Crippen MR) is 123 cm³/mol. The first-order chi connectivity index (χ1) is 15.2. The Morgan fingerprint density at radius 2 is 1.88 bits per heavy atom. The summed E-state index contributed by atoms with van der Waals surface area (Å²) in [7, 11) is -4.01. The summed E-state index contributed by atoms with van der Waals surface area (Å²) in [4.78, 5) is 26.5. The fraction of sp³-hybridized carbons (Fsp3) is 0.333. The second-order valence-corrected chi connectivity index (χ2v) is 10.7. The lowest BCUT2D eigenvalue weighted by Crippen LogP contribution is -2.36. The zero-order valence-corrected chi connectivity index (χ0v) is 19.4. The number of halogens is 2. The van der Waals surface area contributed by atoms with E-state index in [1.54, 1.807) is 6.07 Å². The fourth-order valence-corrected chi connectivity index (χ4v) is 6.12. The number of carbonyl (C=O) groups is 1. The molecule has 7 nitrogen and oxygen atoms in total. The van der Waals surface area contributed by atoms with Crippen LogP contribution in [0.3, 0.4) is 0 Å². The van der Waals surface area contributed by atoms with Crippen molar-refractivity contribution >= 4 is 54.8 Å². The molecule has 1 N–H and O–H groups in total. The highest BCUT2D eigenvalue weighted by atomic mass is 35.5. The number of anilines is 1. The molecule has 0 aliphatic carbocycles. The van der Waals surface area contributed by atoms with Crippen molar-refractivity contribution in [2.24, 2.45) is 0 Å². The zero-order valence-electron chi connectivity index (χ0n) is 17.0. The van der Waals surface area contributed by atoms with Gasteiger partial charge in [0.2, 0.25) is 5.91 Å². The summed E-state index contributed by atoms with van der Waals surface area (Å²) < 4.78 is 43.1. The summed E-state index contributed by atoms with van der Waals surface area (Å²) in [5, 5.41) is -0.0659. The van der Waals surface area contributed by atoms with Gasteiger partial charge in [-0.05, 0) is 55.7 Å². The van der Waals surface area contributed by atoms with Gasteiger partial charge in [0.1, 0.15) is 5.82 Å². The van der Waals surface area contributed by atoms with Gasteiger partial charge in [-0.15, -0.1) is 0 Å². The maximum absolute atomic E-state index is 13.2. The van der Waals surface area contributed by atoms with Gasteiger partial charge in [0.15, 0.2) is 0 Å². The second-order valence-electron chi connectivity index (χ2n) is 7.57. The van der Waals surface area contributed by atoms with Crippen molar-refractivity contribution in [3.05, 3.63) is 56.9 Å². The van der Waals surface area contributed by atoms with Crippen molar-refractivity contribution in [2.75, 3.05) is 17.8 Å². The van der Waals surface area contributed by atoms with Gasteiger partial charge in [-0.1, -0.05) is 22.9 Å². The van der Waals surface area contributed by atoms with E-state index in [4.69, 9.17) is 11.6 Å². The standard InChI is InChI=1S/C21H21ClFN3O4S2/c22-16-12-14(23)4-6-17(16)24-32(29,30)15-5-7-18-19(13-15)31-21(28)26(18)11-8-20(27)25-9-2-1-3-10-25/h4-7,12-13,24H,1-3,8-11H2. The Bertz CT molecular complexity index is 1330. The summed E-state index contributed by atoms with van der Waals surface area (Å²) in [6.45, 7) is 1.75. The minimum absolute atomic E-state index is 0.0236. The zero-order chi connectivity index (χ0) is 22.9. The summed E-state index contributed by atoms with van der Waals surface area (Å²) in [5.74, 6) is -0.556. The first kappa shape index (κ1) is 22.8. The summed E-state index contributed by atoms with van der Waals surface area (Å²) in [6, 6.07) is 7.70. The molecule has 0 radical (unpaired) electrons. The minimum atomic E-state index is -4.01. The van der Waals surface area contributed by atoms with Crippen LogP contribution >= 0.6 is 22.9 Å². The molecule has 1 aromatic heterocycles. The highest BCUT2D eigenvalue weighted by Crippen LogP contribution is 2.27. The van der Waals surface area contributed by atoms with Crippen LogP contribution in [0.4, 0.5) is 10.1 Å². The quantitative estimate of drug-likeness (QED) is 0.556. The number of aryl methyl sites for hydroxylation is 1. The highest BCUT2D eigenvalue weighted by Gasteiger charge is 2.20. The largest absolute Gasteiger partial charge is 0.343 e. The third-order valence-electron chi connectivity index (χ3n) is 5.38. The molecule has 0 atom stereocenters. The van der Waals surface area contributed by atoms with Gasteiger partial charge in [-0.3, -0.25) is 18.9 Å². The molecular formula is C21H21ClFN3O4S2. The van der Waals surface area contributed by atoms with E-state index in [1.165, 1.54) is 22.8 Å². The van der Waals surface area contributed by atoms with Crippen molar-refractivity contribution in [2.45, 2.75) is 37.1 Å². The molecule has 0 bridgehead atoms. The third-order valence-corrected chi connectivity index (χ3v) is 8.00. The number of hydrogen-bond acceptors (Lipinski definition) is 5. The molecule has 1 aliphatic heterocycles. The summed E-state index contributed by atoms with van der Waals surface area (Å²) in [5.41, 5.74) is 0.625. The number of likely N-dealkylation sites (tertiary alicyclic amines) is 1. The smallest absolute Gasteiger partial charge is 0.308 e. The van der Waals surface area contributed by atoms with Crippen LogP contribution in [0.1, 0.15) is 25.7 Å². The number of nitrogens with zero attached hydrogens (tertiary/aromatic N) is 2. The molecule has 170 valence electrons. The average molecular weight is 498 g/mol. The number of thiazole rings is 1. The van der Waals surface area contributed by atoms with Crippen molar-refractivity contribution < 1.29 is 17.6 Å². The van der Waals surface area contributed by atoms with Gasteiger partial charge in [0, 0.05) is 26.1 Å². The molecule has 0 saturated carbocycles. The van der Waals surface area contributed by atoms with Gasteiger partial charge in [-0.25, -0.2) is 12.8 Å². The second kappa shape index (κ2) is 9.21. The summed E-state index contributed by atoms with van der Waals surface area (Å²) >= 11 is 6.84. The summed E-state index contributed by atoms with van der Waals surface area (Å²) in [6.07, 6.45) is 3.35. The van der Waals surface area contributed by atoms with E-state index >= 15 is 0 Å². The molecule has 2 aromatic carbocycles. The molecule has 11 heteroatoms. The van der Waals surface area contributed by atoms with Gasteiger partial charge in [0.25, 0.3) is 10.0 Å². The number of fused-ring (bicyclic) bond motifs is 1. The first-order valence-electron chi connectivity index (χ1n) is 10.1. The highest BCUT2D eigenvalue weighted by molar-refractivity contribution is 7.92. The van der Waals surface area contributed by atoms with E-state index in [9.17, 15) is 22.4 Å². The Morgan fingerprint density at radius 1 is 1.12 bits per heavy atom. The van der Waals surface area contributed by atoms with E-state index < -0.39 is 15.8 Å². The van der Waals surface area contributed by atoms with E-state index in [2.05, 4.69) is 4.72 Å². The number of rotatable bonds is 6. The van der Waals surface area contributed by atoms with E-state index in [1.807, 2.05) is 4.90 Å². The average Bonchev–Trinajstić information content (AvgIpc) is 3.08. The predicted octanol–water partition coefficient (Wildman–Crippen LogP) is 4.06. The van der Waals surface area contributed by atoms with Gasteiger partial charge in [0.05, 0.1) is 25.8 Å².